The number of hydrogen-bond donors (Lipinski definition) is 0. The molecule has 0 aliphatic heterocycles. The lowest BCUT2D eigenvalue weighted by Gasteiger charge is -2.28. The van der Waals surface area contributed by atoms with E-state index in [1.54, 1.807) is 0 Å². The van der Waals surface area contributed by atoms with Gasteiger partial charge in [0, 0.05) is 6.92 Å². The molecular formula is C12H24O2. The highest BCUT2D eigenvalue weighted by molar-refractivity contribution is 5.66. The second kappa shape index (κ2) is 6.05. The van der Waals surface area contributed by atoms with E-state index in [1.165, 1.54) is 6.92 Å². The molecule has 0 radical (unpaired) electrons. The van der Waals surface area contributed by atoms with Crippen LogP contribution in [0.5, 0.6) is 0 Å². The van der Waals surface area contributed by atoms with Crippen LogP contribution in [-0.2, 0) is 9.53 Å². The Bertz CT molecular complexity index is 173. The van der Waals surface area contributed by atoms with Crippen LogP contribution in [0.4, 0.5) is 0 Å². The quantitative estimate of drug-likeness (QED) is 0.637. The number of rotatable bonds is 5. The first kappa shape index (κ1) is 13.5. The van der Waals surface area contributed by atoms with Gasteiger partial charge in [0.25, 0.3) is 0 Å². The first-order chi connectivity index (χ1) is 6.34. The highest BCUT2D eigenvalue weighted by Gasteiger charge is 2.24. The van der Waals surface area contributed by atoms with Gasteiger partial charge < -0.3 is 4.74 Å². The average Bonchev–Trinajstić information content (AvgIpc) is 1.97. The maximum Gasteiger partial charge on any atom is 0.302 e. The van der Waals surface area contributed by atoms with E-state index in [-0.39, 0.29) is 12.1 Å². The van der Waals surface area contributed by atoms with E-state index in [0.717, 1.165) is 6.42 Å². The standard InChI is InChI=1S/C12H24O2/c1-8(2)7-10(5)12(9(3)4)14-11(6)13/h8-10,12H,7H2,1-6H3/t10?,12-/m0/s1. The lowest BCUT2D eigenvalue weighted by atomic mass is 9.88. The third kappa shape index (κ3) is 5.25. The fourth-order valence-electron chi connectivity index (χ4n) is 1.98. The van der Waals surface area contributed by atoms with Crippen LogP contribution >= 0.6 is 0 Å². The second-order valence-corrected chi connectivity index (χ2v) is 4.92. The SMILES string of the molecule is CC(=O)O[C@@H](C(C)C)C(C)CC(C)C. The minimum atomic E-state index is -0.167. The average molecular weight is 200 g/mol. The van der Waals surface area contributed by atoms with Gasteiger partial charge >= 0.3 is 5.97 Å². The first-order valence-corrected chi connectivity index (χ1v) is 5.51. The van der Waals surface area contributed by atoms with Gasteiger partial charge in [-0.2, -0.15) is 0 Å². The third-order valence-corrected chi connectivity index (χ3v) is 2.36. The molecule has 2 nitrogen and oxygen atoms in total. The van der Waals surface area contributed by atoms with Crippen molar-refractivity contribution in [3.05, 3.63) is 0 Å². The van der Waals surface area contributed by atoms with Gasteiger partial charge in [0.1, 0.15) is 6.10 Å². The van der Waals surface area contributed by atoms with Crippen molar-refractivity contribution in [2.24, 2.45) is 17.8 Å². The Balaban J connectivity index is 4.25. The van der Waals surface area contributed by atoms with E-state index >= 15 is 0 Å². The minimum absolute atomic E-state index is 0.0647. The zero-order valence-corrected chi connectivity index (χ0v) is 10.3. The molecule has 0 aromatic heterocycles. The summed E-state index contributed by atoms with van der Waals surface area (Å²) in [4.78, 5) is 10.9. The molecule has 0 fully saturated rings. The lowest BCUT2D eigenvalue weighted by molar-refractivity contribution is -0.151. The molecule has 0 aliphatic rings. The van der Waals surface area contributed by atoms with E-state index in [2.05, 4.69) is 34.6 Å². The molecule has 0 spiro atoms. The van der Waals surface area contributed by atoms with Crippen molar-refractivity contribution >= 4 is 5.97 Å². The maximum absolute atomic E-state index is 10.9. The third-order valence-electron chi connectivity index (χ3n) is 2.36. The summed E-state index contributed by atoms with van der Waals surface area (Å²) < 4.78 is 5.34. The predicted octanol–water partition coefficient (Wildman–Crippen LogP) is 3.26. The van der Waals surface area contributed by atoms with Crippen molar-refractivity contribution in [2.75, 3.05) is 0 Å². The number of hydrogen-bond acceptors (Lipinski definition) is 2. The molecule has 14 heavy (non-hydrogen) atoms. The second-order valence-electron chi connectivity index (χ2n) is 4.92. The summed E-state index contributed by atoms with van der Waals surface area (Å²) in [6, 6.07) is 0. The Morgan fingerprint density at radius 2 is 1.64 bits per heavy atom. The van der Waals surface area contributed by atoms with Crippen LogP contribution in [0.25, 0.3) is 0 Å². The highest BCUT2D eigenvalue weighted by atomic mass is 16.5. The van der Waals surface area contributed by atoms with Crippen LogP contribution in [0.1, 0.15) is 48.0 Å². The van der Waals surface area contributed by atoms with Crippen LogP contribution in [0.15, 0.2) is 0 Å². The van der Waals surface area contributed by atoms with Gasteiger partial charge in [-0.1, -0.05) is 34.6 Å². The van der Waals surface area contributed by atoms with Gasteiger partial charge in [0.05, 0.1) is 0 Å². The van der Waals surface area contributed by atoms with Crippen LogP contribution in [0.2, 0.25) is 0 Å². The Morgan fingerprint density at radius 3 is 1.93 bits per heavy atom. The van der Waals surface area contributed by atoms with E-state index in [1.807, 2.05) is 0 Å². The molecule has 0 aromatic rings. The van der Waals surface area contributed by atoms with Crippen LogP contribution in [0.3, 0.4) is 0 Å². The fraction of sp³-hybridized carbons (Fsp3) is 0.917. The fourth-order valence-corrected chi connectivity index (χ4v) is 1.98. The molecule has 0 N–H and O–H groups in total. The summed E-state index contributed by atoms with van der Waals surface area (Å²) in [5, 5.41) is 0. The Kier molecular flexibility index (Phi) is 5.82. The molecular weight excluding hydrogens is 176 g/mol. The molecule has 0 bridgehead atoms. The smallest absolute Gasteiger partial charge is 0.302 e. The lowest BCUT2D eigenvalue weighted by Crippen LogP contribution is -2.30. The van der Waals surface area contributed by atoms with Crippen LogP contribution in [0, 0.1) is 17.8 Å². The van der Waals surface area contributed by atoms with Crippen molar-refractivity contribution < 1.29 is 9.53 Å². The van der Waals surface area contributed by atoms with E-state index < -0.39 is 0 Å². The van der Waals surface area contributed by atoms with E-state index in [0.29, 0.717) is 17.8 Å². The van der Waals surface area contributed by atoms with Crippen molar-refractivity contribution in [2.45, 2.75) is 54.1 Å². The summed E-state index contributed by atoms with van der Waals surface area (Å²) in [6.45, 7) is 12.2. The van der Waals surface area contributed by atoms with E-state index in [9.17, 15) is 4.79 Å². The molecule has 0 heterocycles. The van der Waals surface area contributed by atoms with Crippen LogP contribution < -0.4 is 0 Å². The summed E-state index contributed by atoms with van der Waals surface area (Å²) in [6.07, 6.45) is 1.17. The molecule has 0 rings (SSSR count). The van der Waals surface area contributed by atoms with Gasteiger partial charge in [-0.15, -0.1) is 0 Å². The molecule has 2 heteroatoms. The van der Waals surface area contributed by atoms with Crippen molar-refractivity contribution in [1.29, 1.82) is 0 Å². The molecule has 0 saturated heterocycles. The van der Waals surface area contributed by atoms with Crippen molar-refractivity contribution in [3.8, 4) is 0 Å². The predicted molar refractivity (Wildman–Crippen MR) is 59.0 cm³/mol. The van der Waals surface area contributed by atoms with Gasteiger partial charge in [-0.3, -0.25) is 4.79 Å². The highest BCUT2D eigenvalue weighted by Crippen LogP contribution is 2.23. The first-order valence-electron chi connectivity index (χ1n) is 5.51. The zero-order chi connectivity index (χ0) is 11.3. The normalized spacial score (nSPS) is 15.7. The molecule has 0 aliphatic carbocycles. The molecule has 0 amide bonds. The Hall–Kier alpha value is -0.530. The number of carbonyl (C=O) groups excluding carboxylic acids is 1. The monoisotopic (exact) mass is 200 g/mol. The molecule has 2 atom stereocenters. The summed E-state index contributed by atoms with van der Waals surface area (Å²) in [5.41, 5.74) is 0. The van der Waals surface area contributed by atoms with Crippen molar-refractivity contribution in [1.82, 2.24) is 0 Å². The van der Waals surface area contributed by atoms with Crippen molar-refractivity contribution in [3.63, 3.8) is 0 Å². The molecule has 0 aromatic carbocycles. The van der Waals surface area contributed by atoms with Crippen LogP contribution in [-0.4, -0.2) is 12.1 Å². The Morgan fingerprint density at radius 1 is 1.14 bits per heavy atom. The summed E-state index contributed by atoms with van der Waals surface area (Å²) in [7, 11) is 0. The number of ether oxygens (including phenoxy) is 1. The molecule has 84 valence electrons. The summed E-state index contributed by atoms with van der Waals surface area (Å²) >= 11 is 0. The molecule has 0 saturated carbocycles. The Labute approximate surface area is 88.0 Å². The maximum atomic E-state index is 10.9. The van der Waals surface area contributed by atoms with Gasteiger partial charge in [0.15, 0.2) is 0 Å². The minimum Gasteiger partial charge on any atom is -0.462 e. The van der Waals surface area contributed by atoms with Gasteiger partial charge in [-0.25, -0.2) is 0 Å². The van der Waals surface area contributed by atoms with E-state index in [4.69, 9.17) is 4.74 Å². The zero-order valence-electron chi connectivity index (χ0n) is 10.3. The number of esters is 1. The number of carbonyl (C=O) groups is 1. The largest absolute Gasteiger partial charge is 0.462 e. The van der Waals surface area contributed by atoms with Gasteiger partial charge in [0.2, 0.25) is 0 Å². The summed E-state index contributed by atoms with van der Waals surface area (Å²) in [5.74, 6) is 1.33. The molecule has 1 unspecified atom stereocenters. The van der Waals surface area contributed by atoms with Gasteiger partial charge in [-0.05, 0) is 24.2 Å². The topological polar surface area (TPSA) is 26.3 Å².